The lowest BCUT2D eigenvalue weighted by molar-refractivity contribution is 0.102. The summed E-state index contributed by atoms with van der Waals surface area (Å²) in [5.41, 5.74) is 3.91. The van der Waals surface area contributed by atoms with Gasteiger partial charge >= 0.3 is 0 Å². The number of anilines is 1. The first-order valence-electron chi connectivity index (χ1n) is 7.81. The van der Waals surface area contributed by atoms with Gasteiger partial charge in [0.2, 0.25) is 0 Å². The Morgan fingerprint density at radius 1 is 1.09 bits per heavy atom. The number of nitrogens with one attached hydrogen (secondary N) is 2. The summed E-state index contributed by atoms with van der Waals surface area (Å²) in [6.45, 7) is 8.10. The molecule has 2 rings (SSSR count). The highest BCUT2D eigenvalue weighted by Gasteiger charge is 2.07. The van der Waals surface area contributed by atoms with Crippen LogP contribution in [0.1, 0.15) is 48.2 Å². The molecule has 4 heteroatoms. The van der Waals surface area contributed by atoms with Crippen LogP contribution < -0.4 is 10.6 Å². The van der Waals surface area contributed by atoms with Crippen molar-refractivity contribution in [3.8, 4) is 0 Å². The minimum absolute atomic E-state index is 0. The fraction of sp³-hybridized carbons (Fsp3) is 0.316. The van der Waals surface area contributed by atoms with E-state index in [1.54, 1.807) is 0 Å². The molecular formula is C19H25ClN2O. The maximum atomic E-state index is 12.3. The third-order valence-electron chi connectivity index (χ3n) is 3.60. The van der Waals surface area contributed by atoms with Crippen molar-refractivity contribution in [2.45, 2.75) is 33.2 Å². The Morgan fingerprint density at radius 3 is 2.39 bits per heavy atom. The summed E-state index contributed by atoms with van der Waals surface area (Å²) in [5, 5.41) is 6.24. The smallest absolute Gasteiger partial charge is 0.255 e. The molecule has 124 valence electrons. The van der Waals surface area contributed by atoms with Gasteiger partial charge in [0.25, 0.3) is 5.91 Å². The third kappa shape index (κ3) is 5.70. The summed E-state index contributed by atoms with van der Waals surface area (Å²) in [7, 11) is 0. The minimum Gasteiger partial charge on any atom is -0.322 e. The van der Waals surface area contributed by atoms with Crippen molar-refractivity contribution < 1.29 is 4.79 Å². The average molecular weight is 333 g/mol. The van der Waals surface area contributed by atoms with Gasteiger partial charge in [0.15, 0.2) is 0 Å². The molecule has 0 saturated carbocycles. The van der Waals surface area contributed by atoms with E-state index in [1.807, 2.05) is 42.5 Å². The lowest BCUT2D eigenvalue weighted by Gasteiger charge is -2.09. The molecule has 3 nitrogen and oxygen atoms in total. The van der Waals surface area contributed by atoms with Crippen LogP contribution in [0.3, 0.4) is 0 Å². The van der Waals surface area contributed by atoms with Gasteiger partial charge < -0.3 is 10.6 Å². The molecule has 0 fully saturated rings. The molecule has 0 heterocycles. The van der Waals surface area contributed by atoms with Crippen LogP contribution in [0.5, 0.6) is 0 Å². The second-order valence-electron chi connectivity index (χ2n) is 5.71. The van der Waals surface area contributed by atoms with E-state index in [1.165, 1.54) is 5.56 Å². The van der Waals surface area contributed by atoms with E-state index < -0.39 is 0 Å². The quantitative estimate of drug-likeness (QED) is 0.812. The maximum absolute atomic E-state index is 12.3. The molecule has 0 bridgehead atoms. The monoisotopic (exact) mass is 332 g/mol. The van der Waals surface area contributed by atoms with Crippen LogP contribution in [0, 0.1) is 0 Å². The Morgan fingerprint density at radius 2 is 1.78 bits per heavy atom. The number of benzene rings is 2. The summed E-state index contributed by atoms with van der Waals surface area (Å²) < 4.78 is 0. The predicted octanol–water partition coefficient (Wildman–Crippen LogP) is 4.59. The first-order valence-corrected chi connectivity index (χ1v) is 7.81. The highest BCUT2D eigenvalue weighted by Crippen LogP contribution is 2.16. The normalized spacial score (nSPS) is 10.3. The van der Waals surface area contributed by atoms with Crippen LogP contribution in [0.4, 0.5) is 5.69 Å². The molecular weight excluding hydrogens is 308 g/mol. The second kappa shape index (κ2) is 9.33. The van der Waals surface area contributed by atoms with Gasteiger partial charge in [-0.1, -0.05) is 45.0 Å². The van der Waals surface area contributed by atoms with Crippen molar-refractivity contribution >= 4 is 24.0 Å². The number of hydrogen-bond donors (Lipinski definition) is 2. The van der Waals surface area contributed by atoms with Gasteiger partial charge in [-0.2, -0.15) is 0 Å². The molecule has 2 N–H and O–H groups in total. The van der Waals surface area contributed by atoms with Gasteiger partial charge in [0, 0.05) is 17.8 Å². The van der Waals surface area contributed by atoms with E-state index in [-0.39, 0.29) is 18.3 Å². The number of rotatable bonds is 6. The predicted molar refractivity (Wildman–Crippen MR) is 99.6 cm³/mol. The fourth-order valence-corrected chi connectivity index (χ4v) is 2.25. The van der Waals surface area contributed by atoms with E-state index in [4.69, 9.17) is 0 Å². The second-order valence-corrected chi connectivity index (χ2v) is 5.71. The van der Waals surface area contributed by atoms with Crippen LogP contribution in [-0.2, 0) is 6.54 Å². The number of hydrogen-bond acceptors (Lipinski definition) is 2. The van der Waals surface area contributed by atoms with Crippen molar-refractivity contribution in [3.05, 3.63) is 65.2 Å². The summed E-state index contributed by atoms with van der Waals surface area (Å²) in [4.78, 5) is 12.3. The SMILES string of the molecule is CCNCc1cccc(NC(=O)c2ccc(C(C)C)cc2)c1.Cl. The van der Waals surface area contributed by atoms with Crippen molar-refractivity contribution in [1.82, 2.24) is 5.32 Å². The molecule has 0 aliphatic carbocycles. The lowest BCUT2D eigenvalue weighted by Crippen LogP contribution is -2.14. The summed E-state index contributed by atoms with van der Waals surface area (Å²) in [5.74, 6) is 0.399. The third-order valence-corrected chi connectivity index (χ3v) is 3.60. The van der Waals surface area contributed by atoms with Crippen molar-refractivity contribution in [2.24, 2.45) is 0 Å². The van der Waals surface area contributed by atoms with E-state index >= 15 is 0 Å². The summed E-state index contributed by atoms with van der Waals surface area (Å²) in [6.07, 6.45) is 0. The first-order chi connectivity index (χ1) is 10.6. The van der Waals surface area contributed by atoms with Crippen LogP contribution in [0.2, 0.25) is 0 Å². The molecule has 0 saturated heterocycles. The molecule has 1 amide bonds. The Bertz CT molecular complexity index is 624. The van der Waals surface area contributed by atoms with Crippen LogP contribution in [-0.4, -0.2) is 12.5 Å². The summed E-state index contributed by atoms with van der Waals surface area (Å²) in [6, 6.07) is 15.7. The Labute approximate surface area is 144 Å². The van der Waals surface area contributed by atoms with Crippen LogP contribution in [0.15, 0.2) is 48.5 Å². The molecule has 0 aromatic heterocycles. The van der Waals surface area contributed by atoms with Crippen molar-refractivity contribution in [2.75, 3.05) is 11.9 Å². The molecule has 0 spiro atoms. The molecule has 0 atom stereocenters. The molecule has 2 aromatic carbocycles. The van der Waals surface area contributed by atoms with Crippen molar-refractivity contribution in [1.29, 1.82) is 0 Å². The van der Waals surface area contributed by atoms with Crippen LogP contribution in [0.25, 0.3) is 0 Å². The zero-order valence-electron chi connectivity index (χ0n) is 13.9. The van der Waals surface area contributed by atoms with Crippen LogP contribution >= 0.6 is 12.4 Å². The zero-order valence-corrected chi connectivity index (χ0v) is 14.7. The largest absolute Gasteiger partial charge is 0.322 e. The molecule has 23 heavy (non-hydrogen) atoms. The van der Waals surface area contributed by atoms with E-state index in [9.17, 15) is 4.79 Å². The minimum atomic E-state index is -0.0732. The Balaban J connectivity index is 0.00000264. The lowest BCUT2D eigenvalue weighted by atomic mass is 10.0. The van der Waals surface area contributed by atoms with Crippen molar-refractivity contribution in [3.63, 3.8) is 0 Å². The van der Waals surface area contributed by atoms with Gasteiger partial charge in [-0.05, 0) is 47.9 Å². The summed E-state index contributed by atoms with van der Waals surface area (Å²) >= 11 is 0. The van der Waals surface area contributed by atoms with Gasteiger partial charge in [-0.3, -0.25) is 4.79 Å². The highest BCUT2D eigenvalue weighted by atomic mass is 35.5. The van der Waals surface area contributed by atoms with E-state index in [0.29, 0.717) is 11.5 Å². The zero-order chi connectivity index (χ0) is 15.9. The molecule has 2 aromatic rings. The number of halogens is 1. The Kier molecular flexibility index (Phi) is 7.79. The number of amides is 1. The average Bonchev–Trinajstić information content (AvgIpc) is 2.53. The molecule has 0 aliphatic heterocycles. The van der Waals surface area contributed by atoms with Gasteiger partial charge in [-0.15, -0.1) is 12.4 Å². The number of carbonyl (C=O) groups excluding carboxylic acids is 1. The number of carbonyl (C=O) groups is 1. The topological polar surface area (TPSA) is 41.1 Å². The van der Waals surface area contributed by atoms with E-state index in [2.05, 4.69) is 37.5 Å². The fourth-order valence-electron chi connectivity index (χ4n) is 2.25. The molecule has 0 unspecified atom stereocenters. The molecule has 0 radical (unpaired) electrons. The van der Waals surface area contributed by atoms with Gasteiger partial charge in [0.1, 0.15) is 0 Å². The first kappa shape index (κ1) is 19.2. The van der Waals surface area contributed by atoms with E-state index in [0.717, 1.165) is 24.3 Å². The highest BCUT2D eigenvalue weighted by molar-refractivity contribution is 6.04. The van der Waals surface area contributed by atoms with Gasteiger partial charge in [-0.25, -0.2) is 0 Å². The molecule has 0 aliphatic rings. The standard InChI is InChI=1S/C19H24N2O.ClH/c1-4-20-13-15-6-5-7-18(12-15)21-19(22)17-10-8-16(9-11-17)14(2)3;/h5-12,14,20H,4,13H2,1-3H3,(H,21,22);1H. The van der Waals surface area contributed by atoms with Gasteiger partial charge in [0.05, 0.1) is 0 Å². The maximum Gasteiger partial charge on any atom is 0.255 e. The Hall–Kier alpha value is -1.84.